The highest BCUT2D eigenvalue weighted by Gasteiger charge is 2.43. The van der Waals surface area contributed by atoms with Crippen molar-refractivity contribution in [2.75, 3.05) is 36.9 Å². The number of rotatable bonds is 7. The van der Waals surface area contributed by atoms with Gasteiger partial charge in [0.25, 0.3) is 5.91 Å². The summed E-state index contributed by atoms with van der Waals surface area (Å²) in [5, 5.41) is 8.11. The zero-order valence-corrected chi connectivity index (χ0v) is 21.1. The molecular formula is C31H30N4O3. The van der Waals surface area contributed by atoms with Gasteiger partial charge in [-0.2, -0.15) is 0 Å². The number of amides is 2. The summed E-state index contributed by atoms with van der Waals surface area (Å²) < 4.78 is 5.41. The van der Waals surface area contributed by atoms with Crippen LogP contribution in [0.3, 0.4) is 0 Å². The molecule has 6 rings (SSSR count). The zero-order chi connectivity index (χ0) is 25.9. The number of ether oxygens (including phenoxy) is 1. The van der Waals surface area contributed by atoms with Crippen molar-refractivity contribution >= 4 is 34.0 Å². The molecule has 192 valence electrons. The van der Waals surface area contributed by atoms with Gasteiger partial charge in [-0.1, -0.05) is 30.3 Å². The predicted octanol–water partition coefficient (Wildman–Crippen LogP) is 5.06. The number of benzene rings is 3. The van der Waals surface area contributed by atoms with Crippen molar-refractivity contribution in [3.05, 3.63) is 102 Å². The number of hydrogen-bond donors (Lipinski definition) is 2. The number of carbonyl (C=O) groups excluding carboxylic acids is 2. The van der Waals surface area contributed by atoms with Gasteiger partial charge in [0.15, 0.2) is 0 Å². The first-order chi connectivity index (χ1) is 18.6. The molecule has 2 fully saturated rings. The first-order valence-electron chi connectivity index (χ1n) is 13.1. The Hall–Kier alpha value is -4.07. The van der Waals surface area contributed by atoms with E-state index in [1.54, 1.807) is 6.20 Å². The van der Waals surface area contributed by atoms with E-state index in [1.165, 1.54) is 5.56 Å². The molecule has 7 nitrogen and oxygen atoms in total. The summed E-state index contributed by atoms with van der Waals surface area (Å²) in [4.78, 5) is 32.1. The topological polar surface area (TPSA) is 83.6 Å². The number of fused-ring (bicyclic) bond motifs is 1. The third-order valence-corrected chi connectivity index (χ3v) is 7.36. The minimum atomic E-state index is -0.144. The quantitative estimate of drug-likeness (QED) is 0.366. The maximum absolute atomic E-state index is 12.8. The van der Waals surface area contributed by atoms with Gasteiger partial charge in [0.1, 0.15) is 0 Å². The third kappa shape index (κ3) is 5.59. The van der Waals surface area contributed by atoms with E-state index in [1.807, 2.05) is 66.9 Å². The Kier molecular flexibility index (Phi) is 6.86. The van der Waals surface area contributed by atoms with Crippen LogP contribution in [0.2, 0.25) is 0 Å². The summed E-state index contributed by atoms with van der Waals surface area (Å²) >= 11 is 0. The van der Waals surface area contributed by atoms with E-state index in [9.17, 15) is 9.59 Å². The number of carbonyl (C=O) groups is 2. The van der Waals surface area contributed by atoms with E-state index in [0.717, 1.165) is 67.0 Å². The van der Waals surface area contributed by atoms with Crippen molar-refractivity contribution in [2.24, 2.45) is 5.92 Å². The van der Waals surface area contributed by atoms with Gasteiger partial charge < -0.3 is 15.4 Å². The van der Waals surface area contributed by atoms with E-state index in [-0.39, 0.29) is 23.7 Å². The summed E-state index contributed by atoms with van der Waals surface area (Å²) in [6.07, 6.45) is 4.37. The minimum absolute atomic E-state index is 0.0299. The molecule has 1 aliphatic heterocycles. The number of nitrogens with zero attached hydrogens (tertiary/aromatic N) is 2. The van der Waals surface area contributed by atoms with Gasteiger partial charge in [-0.05, 0) is 71.3 Å². The molecule has 0 bridgehead atoms. The molecular weight excluding hydrogens is 476 g/mol. The summed E-state index contributed by atoms with van der Waals surface area (Å²) in [5.74, 6) is 0.00550. The van der Waals surface area contributed by atoms with Gasteiger partial charge >= 0.3 is 0 Å². The highest BCUT2D eigenvalue weighted by Crippen LogP contribution is 2.48. The second-order valence-corrected chi connectivity index (χ2v) is 10.0. The summed E-state index contributed by atoms with van der Waals surface area (Å²) in [6.45, 7) is 4.35. The molecule has 1 saturated carbocycles. The van der Waals surface area contributed by atoms with Crippen LogP contribution in [-0.2, 0) is 16.1 Å². The summed E-state index contributed by atoms with van der Waals surface area (Å²) in [7, 11) is 0. The molecule has 2 atom stereocenters. The van der Waals surface area contributed by atoms with Crippen LogP contribution in [0.15, 0.2) is 85.2 Å². The van der Waals surface area contributed by atoms with Crippen LogP contribution in [0.5, 0.6) is 0 Å². The normalized spacial score (nSPS) is 19.2. The highest BCUT2D eigenvalue weighted by atomic mass is 16.5. The molecule has 38 heavy (non-hydrogen) atoms. The molecule has 2 N–H and O–H groups in total. The fourth-order valence-electron chi connectivity index (χ4n) is 5.05. The molecule has 7 heteroatoms. The van der Waals surface area contributed by atoms with Gasteiger partial charge in [-0.25, -0.2) is 0 Å². The standard InChI is InChI=1S/C31H30N4O3/c36-30(33-26-8-1-21(2-9-26)20-35-13-15-38-16-14-35)23-5-3-22(4-6-23)28-18-29(28)31(37)34-27-10-7-25-19-32-12-11-24(25)17-27/h1-12,17,19,28-29H,13-16,18,20H2,(H,33,36)(H,34,37)/t28-,29+/m0/s1. The van der Waals surface area contributed by atoms with Gasteiger partial charge in [-0.3, -0.25) is 19.5 Å². The Labute approximate surface area is 221 Å². The number of pyridine rings is 1. The molecule has 0 spiro atoms. The van der Waals surface area contributed by atoms with Gasteiger partial charge in [0.05, 0.1) is 13.2 Å². The molecule has 1 aromatic heterocycles. The lowest BCUT2D eigenvalue weighted by atomic mass is 10.1. The third-order valence-electron chi connectivity index (χ3n) is 7.36. The second kappa shape index (κ2) is 10.7. The van der Waals surface area contributed by atoms with Crippen LogP contribution in [0.25, 0.3) is 10.8 Å². The van der Waals surface area contributed by atoms with Crippen molar-refractivity contribution < 1.29 is 14.3 Å². The summed E-state index contributed by atoms with van der Waals surface area (Å²) in [6, 6.07) is 23.4. The van der Waals surface area contributed by atoms with E-state index in [4.69, 9.17) is 4.74 Å². The number of nitrogens with one attached hydrogen (secondary N) is 2. The first-order valence-corrected chi connectivity index (χ1v) is 13.1. The van der Waals surface area contributed by atoms with Crippen LogP contribution in [-0.4, -0.2) is 48.0 Å². The van der Waals surface area contributed by atoms with E-state index >= 15 is 0 Å². The Balaban J connectivity index is 1.01. The lowest BCUT2D eigenvalue weighted by Gasteiger charge is -2.26. The number of anilines is 2. The predicted molar refractivity (Wildman–Crippen MR) is 148 cm³/mol. The molecule has 3 aromatic carbocycles. The average molecular weight is 507 g/mol. The van der Waals surface area contributed by atoms with Crippen LogP contribution in [0.1, 0.15) is 33.8 Å². The zero-order valence-electron chi connectivity index (χ0n) is 21.1. The molecule has 1 saturated heterocycles. The van der Waals surface area contributed by atoms with Gasteiger partial charge in [-0.15, -0.1) is 0 Å². The molecule has 4 aromatic rings. The van der Waals surface area contributed by atoms with Crippen molar-refractivity contribution in [1.82, 2.24) is 9.88 Å². The Bertz CT molecular complexity index is 1450. The summed E-state index contributed by atoms with van der Waals surface area (Å²) in [5.41, 5.74) is 4.46. The van der Waals surface area contributed by atoms with Crippen molar-refractivity contribution in [3.63, 3.8) is 0 Å². The molecule has 2 heterocycles. The average Bonchev–Trinajstić information content (AvgIpc) is 3.76. The lowest BCUT2D eigenvalue weighted by Crippen LogP contribution is -2.35. The van der Waals surface area contributed by atoms with E-state index in [0.29, 0.717) is 5.56 Å². The monoisotopic (exact) mass is 506 g/mol. The van der Waals surface area contributed by atoms with Crippen LogP contribution >= 0.6 is 0 Å². The molecule has 0 radical (unpaired) electrons. The maximum atomic E-state index is 12.8. The van der Waals surface area contributed by atoms with Crippen molar-refractivity contribution in [1.29, 1.82) is 0 Å². The fraction of sp³-hybridized carbons (Fsp3) is 0.258. The first kappa shape index (κ1) is 24.3. The van der Waals surface area contributed by atoms with Crippen LogP contribution in [0.4, 0.5) is 11.4 Å². The Morgan fingerprint density at radius 1 is 0.868 bits per heavy atom. The second-order valence-electron chi connectivity index (χ2n) is 10.0. The smallest absolute Gasteiger partial charge is 0.255 e. The number of morpholine rings is 1. The van der Waals surface area contributed by atoms with Gasteiger partial charge in [0.2, 0.25) is 5.91 Å². The Morgan fingerprint density at radius 2 is 1.63 bits per heavy atom. The lowest BCUT2D eigenvalue weighted by molar-refractivity contribution is -0.117. The van der Waals surface area contributed by atoms with Crippen molar-refractivity contribution in [3.8, 4) is 0 Å². The van der Waals surface area contributed by atoms with Crippen molar-refractivity contribution in [2.45, 2.75) is 18.9 Å². The SMILES string of the molecule is O=C(Nc1ccc(CN2CCOCC2)cc1)c1ccc([C@@H]2C[C@H]2C(=O)Nc2ccc3cnccc3c2)cc1. The number of aromatic nitrogens is 1. The van der Waals surface area contributed by atoms with Crippen LogP contribution < -0.4 is 10.6 Å². The van der Waals surface area contributed by atoms with E-state index in [2.05, 4.69) is 32.7 Å². The molecule has 2 aliphatic rings. The number of hydrogen-bond acceptors (Lipinski definition) is 5. The molecule has 0 unspecified atom stereocenters. The minimum Gasteiger partial charge on any atom is -0.379 e. The molecule has 1 aliphatic carbocycles. The maximum Gasteiger partial charge on any atom is 0.255 e. The van der Waals surface area contributed by atoms with Crippen LogP contribution in [0, 0.1) is 5.92 Å². The largest absolute Gasteiger partial charge is 0.379 e. The van der Waals surface area contributed by atoms with Gasteiger partial charge in [0, 0.05) is 60.3 Å². The Morgan fingerprint density at radius 3 is 2.42 bits per heavy atom. The highest BCUT2D eigenvalue weighted by molar-refractivity contribution is 6.04. The van der Waals surface area contributed by atoms with E-state index < -0.39 is 0 Å². The fourth-order valence-corrected chi connectivity index (χ4v) is 5.05. The molecule has 2 amide bonds.